The van der Waals surface area contributed by atoms with E-state index in [1.165, 1.54) is 16.7 Å². The molecule has 5 nitrogen and oxygen atoms in total. The molecular weight excluding hydrogens is 510 g/mol. The Hall–Kier alpha value is -3.34. The summed E-state index contributed by atoms with van der Waals surface area (Å²) in [6.07, 6.45) is 0.506. The number of halogens is 1. The van der Waals surface area contributed by atoms with Crippen molar-refractivity contribution < 1.29 is 9.59 Å². The molecule has 3 aromatic carbocycles. The zero-order valence-corrected chi connectivity index (χ0v) is 20.9. The van der Waals surface area contributed by atoms with Crippen molar-refractivity contribution in [3.05, 3.63) is 111 Å². The predicted molar refractivity (Wildman–Crippen MR) is 139 cm³/mol. The minimum atomic E-state index is -0.500. The van der Waals surface area contributed by atoms with E-state index >= 15 is 0 Å². The van der Waals surface area contributed by atoms with Crippen LogP contribution in [0.15, 0.2) is 93.9 Å². The first-order chi connectivity index (χ1) is 16.5. The molecule has 0 aliphatic carbocycles. The summed E-state index contributed by atoms with van der Waals surface area (Å²) in [4.78, 5) is 28.1. The van der Waals surface area contributed by atoms with Gasteiger partial charge in [-0.25, -0.2) is 0 Å². The lowest BCUT2D eigenvalue weighted by atomic mass is 10.1. The van der Waals surface area contributed by atoms with Crippen LogP contribution in [0.4, 0.5) is 5.69 Å². The highest BCUT2D eigenvalue weighted by Gasteiger charge is 2.40. The van der Waals surface area contributed by atoms with Gasteiger partial charge in [0.05, 0.1) is 5.25 Å². The Morgan fingerprint density at radius 3 is 2.44 bits per heavy atom. The molecule has 0 spiro atoms. The molecule has 0 radical (unpaired) electrons. The summed E-state index contributed by atoms with van der Waals surface area (Å²) in [5.41, 5.74) is 3.63. The predicted octanol–water partition coefficient (Wildman–Crippen LogP) is 5.50. The SMILES string of the molecule is Cc1cccc(CC2SC(=C(C#N)C(=O)NCc3ccccc3)N(c3ccc(Br)cc3)C2=O)c1. The Labute approximate surface area is 211 Å². The molecule has 1 heterocycles. The Balaban J connectivity index is 1.67. The van der Waals surface area contributed by atoms with E-state index in [2.05, 4.69) is 27.3 Å². The van der Waals surface area contributed by atoms with Gasteiger partial charge in [0.25, 0.3) is 5.91 Å². The molecule has 1 N–H and O–H groups in total. The number of aryl methyl sites for hydroxylation is 1. The number of amides is 2. The van der Waals surface area contributed by atoms with Crippen LogP contribution >= 0.6 is 27.7 Å². The molecule has 2 amide bonds. The number of carbonyl (C=O) groups excluding carboxylic acids is 2. The minimum absolute atomic E-state index is 0.0658. The van der Waals surface area contributed by atoms with Gasteiger partial charge in [-0.15, -0.1) is 0 Å². The van der Waals surface area contributed by atoms with Crippen LogP contribution in [0.2, 0.25) is 0 Å². The lowest BCUT2D eigenvalue weighted by molar-refractivity contribution is -0.117. The Kier molecular flexibility index (Phi) is 7.51. The van der Waals surface area contributed by atoms with Crippen molar-refractivity contribution in [3.8, 4) is 6.07 Å². The fraction of sp³-hybridized carbons (Fsp3) is 0.148. The Bertz CT molecular complexity index is 1280. The molecular formula is C27H22BrN3O2S. The third-order valence-electron chi connectivity index (χ3n) is 5.39. The first-order valence-electron chi connectivity index (χ1n) is 10.7. The van der Waals surface area contributed by atoms with Crippen molar-refractivity contribution >= 4 is 45.2 Å². The average molecular weight is 532 g/mol. The largest absolute Gasteiger partial charge is 0.347 e. The zero-order valence-electron chi connectivity index (χ0n) is 18.5. The lowest BCUT2D eigenvalue weighted by Gasteiger charge is -2.19. The number of nitrogens with zero attached hydrogens (tertiary/aromatic N) is 2. The summed E-state index contributed by atoms with van der Waals surface area (Å²) in [7, 11) is 0. The van der Waals surface area contributed by atoms with Gasteiger partial charge in [0.1, 0.15) is 16.7 Å². The molecule has 1 fully saturated rings. The molecule has 0 aromatic heterocycles. The molecule has 7 heteroatoms. The molecule has 0 saturated carbocycles. The number of nitriles is 1. The third kappa shape index (κ3) is 5.41. The number of nitrogens with one attached hydrogen (secondary N) is 1. The van der Waals surface area contributed by atoms with Crippen LogP contribution in [0.1, 0.15) is 16.7 Å². The van der Waals surface area contributed by atoms with E-state index < -0.39 is 11.2 Å². The van der Waals surface area contributed by atoms with Gasteiger partial charge in [0.15, 0.2) is 0 Å². The van der Waals surface area contributed by atoms with Gasteiger partial charge >= 0.3 is 0 Å². The standard InChI is InChI=1S/C27H22BrN3O2S/c1-18-6-5-9-20(14-18)15-24-26(33)31(22-12-10-21(28)11-13-22)27(34-24)23(16-29)25(32)30-17-19-7-3-2-4-8-19/h2-14,24H,15,17H2,1H3,(H,30,32). The normalized spacial score (nSPS) is 16.8. The maximum Gasteiger partial charge on any atom is 0.264 e. The molecule has 1 saturated heterocycles. The second-order valence-corrected chi connectivity index (χ2v) is 10.0. The fourth-order valence-electron chi connectivity index (χ4n) is 3.73. The number of rotatable bonds is 6. The number of hydrogen-bond acceptors (Lipinski definition) is 4. The second-order valence-electron chi connectivity index (χ2n) is 7.91. The summed E-state index contributed by atoms with van der Waals surface area (Å²) in [5, 5.41) is 12.7. The van der Waals surface area contributed by atoms with Gasteiger partial charge in [-0.3, -0.25) is 14.5 Å². The summed E-state index contributed by atoms with van der Waals surface area (Å²) in [6, 6.07) is 26.8. The Morgan fingerprint density at radius 2 is 1.76 bits per heavy atom. The topological polar surface area (TPSA) is 73.2 Å². The van der Waals surface area contributed by atoms with Gasteiger partial charge in [-0.2, -0.15) is 5.26 Å². The van der Waals surface area contributed by atoms with Gasteiger partial charge in [-0.1, -0.05) is 87.9 Å². The smallest absolute Gasteiger partial charge is 0.264 e. The summed E-state index contributed by atoms with van der Waals surface area (Å²) < 4.78 is 0.874. The third-order valence-corrected chi connectivity index (χ3v) is 7.18. The van der Waals surface area contributed by atoms with Gasteiger partial charge < -0.3 is 5.32 Å². The van der Waals surface area contributed by atoms with Crippen molar-refractivity contribution in [1.29, 1.82) is 5.26 Å². The lowest BCUT2D eigenvalue weighted by Crippen LogP contribution is -2.32. The van der Waals surface area contributed by atoms with Crippen LogP contribution in [0.3, 0.4) is 0 Å². The highest BCUT2D eigenvalue weighted by Crippen LogP contribution is 2.42. The second kappa shape index (κ2) is 10.7. The first kappa shape index (κ1) is 23.8. The van der Waals surface area contributed by atoms with Crippen LogP contribution in [0, 0.1) is 18.3 Å². The molecule has 34 heavy (non-hydrogen) atoms. The summed E-state index contributed by atoms with van der Waals surface area (Å²) in [5.74, 6) is -0.646. The molecule has 3 aromatic rings. The van der Waals surface area contributed by atoms with E-state index in [-0.39, 0.29) is 11.5 Å². The number of thioether (sulfide) groups is 1. The quantitative estimate of drug-likeness (QED) is 0.336. The molecule has 1 aliphatic heterocycles. The number of hydrogen-bond donors (Lipinski definition) is 1. The summed E-state index contributed by atoms with van der Waals surface area (Å²) in [6.45, 7) is 2.30. The summed E-state index contributed by atoms with van der Waals surface area (Å²) >= 11 is 4.69. The minimum Gasteiger partial charge on any atom is -0.347 e. The van der Waals surface area contributed by atoms with Crippen molar-refractivity contribution in [3.63, 3.8) is 0 Å². The van der Waals surface area contributed by atoms with Gasteiger partial charge in [-0.05, 0) is 48.7 Å². The van der Waals surface area contributed by atoms with Crippen molar-refractivity contribution in [1.82, 2.24) is 5.32 Å². The molecule has 0 bridgehead atoms. The van der Waals surface area contributed by atoms with Gasteiger partial charge in [0.2, 0.25) is 5.91 Å². The van der Waals surface area contributed by atoms with E-state index in [4.69, 9.17) is 0 Å². The van der Waals surface area contributed by atoms with E-state index in [1.54, 1.807) is 12.1 Å². The van der Waals surface area contributed by atoms with Crippen LogP contribution in [0.5, 0.6) is 0 Å². The molecule has 1 unspecified atom stereocenters. The van der Waals surface area contributed by atoms with Crippen molar-refractivity contribution in [2.75, 3.05) is 4.90 Å². The van der Waals surface area contributed by atoms with Crippen LogP contribution < -0.4 is 10.2 Å². The maximum atomic E-state index is 13.5. The average Bonchev–Trinajstić information content (AvgIpc) is 3.15. The van der Waals surface area contributed by atoms with Crippen LogP contribution in [0.25, 0.3) is 0 Å². The van der Waals surface area contributed by atoms with E-state index in [0.29, 0.717) is 23.7 Å². The number of anilines is 1. The zero-order chi connectivity index (χ0) is 24.1. The van der Waals surface area contributed by atoms with Crippen LogP contribution in [-0.4, -0.2) is 17.1 Å². The van der Waals surface area contributed by atoms with Crippen molar-refractivity contribution in [2.45, 2.75) is 25.1 Å². The van der Waals surface area contributed by atoms with E-state index in [1.807, 2.05) is 73.7 Å². The molecule has 170 valence electrons. The highest BCUT2D eigenvalue weighted by atomic mass is 79.9. The molecule has 1 aliphatic rings. The number of benzene rings is 3. The molecule has 4 rings (SSSR count). The van der Waals surface area contributed by atoms with E-state index in [0.717, 1.165) is 21.2 Å². The highest BCUT2D eigenvalue weighted by molar-refractivity contribution is 9.10. The van der Waals surface area contributed by atoms with Gasteiger partial charge in [0, 0.05) is 16.7 Å². The fourth-order valence-corrected chi connectivity index (χ4v) is 5.30. The molecule has 1 atom stereocenters. The maximum absolute atomic E-state index is 13.5. The Morgan fingerprint density at radius 1 is 1.06 bits per heavy atom. The van der Waals surface area contributed by atoms with Crippen molar-refractivity contribution in [2.24, 2.45) is 0 Å². The first-order valence-corrected chi connectivity index (χ1v) is 12.4. The monoisotopic (exact) mass is 531 g/mol. The van der Waals surface area contributed by atoms with Crippen LogP contribution in [-0.2, 0) is 22.6 Å². The van der Waals surface area contributed by atoms with E-state index in [9.17, 15) is 14.9 Å². The number of carbonyl (C=O) groups is 2.